The van der Waals surface area contributed by atoms with E-state index in [9.17, 15) is 9.59 Å². The Labute approximate surface area is 70.7 Å². The summed E-state index contributed by atoms with van der Waals surface area (Å²) in [5.74, 6) is -0.186. The molecular weight excluding hydrogens is 158 g/mol. The number of carbonyl (C=O) groups is 2. The zero-order chi connectivity index (χ0) is 8.97. The van der Waals surface area contributed by atoms with Gasteiger partial charge < -0.3 is 16.4 Å². The van der Waals surface area contributed by atoms with Crippen LogP contribution in [0.3, 0.4) is 0 Å². The molecule has 0 aliphatic carbocycles. The largest absolute Gasteiger partial charge is 0.353 e. The van der Waals surface area contributed by atoms with Gasteiger partial charge in [-0.1, -0.05) is 0 Å². The molecule has 1 saturated heterocycles. The Morgan fingerprint density at radius 1 is 1.75 bits per heavy atom. The second-order valence-corrected chi connectivity index (χ2v) is 2.74. The molecule has 4 N–H and O–H groups in total. The summed E-state index contributed by atoms with van der Waals surface area (Å²) in [6, 6.07) is -0.343. The van der Waals surface area contributed by atoms with E-state index in [-0.39, 0.29) is 17.9 Å². The molecule has 0 saturated carbocycles. The van der Waals surface area contributed by atoms with Crippen molar-refractivity contribution in [2.45, 2.75) is 18.9 Å². The number of hydrogen-bond acceptors (Lipinski definition) is 3. The molecule has 0 aromatic carbocycles. The Kier molecular flexibility index (Phi) is 3.04. The summed E-state index contributed by atoms with van der Waals surface area (Å²) >= 11 is 0. The smallest absolute Gasteiger partial charge is 0.242 e. The Balaban J connectivity index is 2.28. The number of nitrogens with two attached hydrogens (primary N) is 1. The molecule has 1 heterocycles. The first-order chi connectivity index (χ1) is 5.74. The van der Waals surface area contributed by atoms with Gasteiger partial charge >= 0.3 is 0 Å². The van der Waals surface area contributed by atoms with Gasteiger partial charge in [-0.2, -0.15) is 0 Å². The highest BCUT2D eigenvalue weighted by Gasteiger charge is 2.26. The zero-order valence-corrected chi connectivity index (χ0v) is 6.80. The van der Waals surface area contributed by atoms with Crippen molar-refractivity contribution in [2.24, 2.45) is 5.73 Å². The summed E-state index contributed by atoms with van der Waals surface area (Å²) in [5, 5.41) is 5.19. The molecule has 0 aromatic heterocycles. The first-order valence-electron chi connectivity index (χ1n) is 4.01. The molecule has 12 heavy (non-hydrogen) atoms. The van der Waals surface area contributed by atoms with Gasteiger partial charge in [-0.05, 0) is 6.42 Å². The number of carbonyl (C=O) groups excluding carboxylic acids is 2. The molecule has 5 nitrogen and oxygen atoms in total. The molecule has 0 spiro atoms. The number of nitrogens with one attached hydrogen (secondary N) is 2. The van der Waals surface area contributed by atoms with E-state index in [1.807, 2.05) is 0 Å². The van der Waals surface area contributed by atoms with Crippen LogP contribution in [0.1, 0.15) is 12.8 Å². The molecule has 0 aromatic rings. The van der Waals surface area contributed by atoms with Crippen molar-refractivity contribution in [3.8, 4) is 0 Å². The van der Waals surface area contributed by atoms with E-state index in [4.69, 9.17) is 5.73 Å². The zero-order valence-electron chi connectivity index (χ0n) is 6.80. The van der Waals surface area contributed by atoms with Crippen LogP contribution in [0.4, 0.5) is 0 Å². The van der Waals surface area contributed by atoms with Crippen molar-refractivity contribution in [3.05, 3.63) is 0 Å². The second-order valence-electron chi connectivity index (χ2n) is 2.74. The molecule has 68 valence electrons. The Morgan fingerprint density at radius 3 is 3.00 bits per heavy atom. The number of rotatable bonds is 3. The molecule has 1 atom stereocenters. The minimum absolute atomic E-state index is 0.0529. The van der Waals surface area contributed by atoms with Crippen LogP contribution in [-0.4, -0.2) is 30.9 Å². The average molecular weight is 171 g/mol. The molecule has 1 rings (SSSR count). The lowest BCUT2D eigenvalue weighted by Gasteiger charge is -2.09. The highest BCUT2D eigenvalue weighted by atomic mass is 16.2. The van der Waals surface area contributed by atoms with Crippen LogP contribution in [0.15, 0.2) is 0 Å². The molecule has 1 fully saturated rings. The van der Waals surface area contributed by atoms with Gasteiger partial charge in [0.1, 0.15) is 6.04 Å². The van der Waals surface area contributed by atoms with Crippen molar-refractivity contribution in [2.75, 3.05) is 13.1 Å². The molecule has 5 heteroatoms. The third-order valence-electron chi connectivity index (χ3n) is 1.76. The molecule has 0 radical (unpaired) electrons. The first kappa shape index (κ1) is 8.99. The van der Waals surface area contributed by atoms with Gasteiger partial charge in [0.25, 0.3) is 0 Å². The van der Waals surface area contributed by atoms with Crippen molar-refractivity contribution >= 4 is 11.8 Å². The highest BCUT2D eigenvalue weighted by molar-refractivity contribution is 5.90. The van der Waals surface area contributed by atoms with Gasteiger partial charge in [0.2, 0.25) is 11.8 Å². The van der Waals surface area contributed by atoms with Crippen LogP contribution >= 0.6 is 0 Å². The van der Waals surface area contributed by atoms with E-state index >= 15 is 0 Å². The summed E-state index contributed by atoms with van der Waals surface area (Å²) in [4.78, 5) is 21.9. The van der Waals surface area contributed by atoms with Gasteiger partial charge in [-0.3, -0.25) is 9.59 Å². The normalized spacial score (nSPS) is 22.1. The van der Waals surface area contributed by atoms with Crippen LogP contribution in [0, 0.1) is 0 Å². The van der Waals surface area contributed by atoms with Crippen molar-refractivity contribution < 1.29 is 9.59 Å². The van der Waals surface area contributed by atoms with Gasteiger partial charge in [0.15, 0.2) is 0 Å². The fourth-order valence-electron chi connectivity index (χ4n) is 1.13. The van der Waals surface area contributed by atoms with Gasteiger partial charge in [-0.15, -0.1) is 0 Å². The Morgan fingerprint density at radius 2 is 2.50 bits per heavy atom. The van der Waals surface area contributed by atoms with Gasteiger partial charge in [0.05, 0.1) is 0 Å². The monoisotopic (exact) mass is 171 g/mol. The van der Waals surface area contributed by atoms with Crippen LogP contribution in [0.2, 0.25) is 0 Å². The van der Waals surface area contributed by atoms with Crippen molar-refractivity contribution in [1.82, 2.24) is 10.6 Å². The van der Waals surface area contributed by atoms with Gasteiger partial charge in [0, 0.05) is 19.5 Å². The van der Waals surface area contributed by atoms with E-state index in [0.29, 0.717) is 25.9 Å². The number of amides is 2. The van der Waals surface area contributed by atoms with Crippen LogP contribution in [0.25, 0.3) is 0 Å². The highest BCUT2D eigenvalue weighted by Crippen LogP contribution is 2.05. The minimum atomic E-state index is -0.343. The van der Waals surface area contributed by atoms with E-state index in [2.05, 4.69) is 10.6 Å². The number of hydrogen-bond donors (Lipinski definition) is 3. The average Bonchev–Trinajstić information content (AvgIpc) is 2.47. The Bertz CT molecular complexity index is 193. The van der Waals surface area contributed by atoms with Crippen LogP contribution in [-0.2, 0) is 9.59 Å². The third kappa shape index (κ3) is 2.20. The summed E-state index contributed by atoms with van der Waals surface area (Å²) < 4.78 is 0. The SMILES string of the molecule is NCCNC(=O)[C@@H]1CCC(=O)N1. The molecule has 0 unspecified atom stereocenters. The summed E-state index contributed by atoms with van der Waals surface area (Å²) in [6.45, 7) is 0.887. The quantitative estimate of drug-likeness (QED) is 0.475. The van der Waals surface area contributed by atoms with Crippen LogP contribution < -0.4 is 16.4 Å². The fourth-order valence-corrected chi connectivity index (χ4v) is 1.13. The van der Waals surface area contributed by atoms with E-state index < -0.39 is 0 Å². The van der Waals surface area contributed by atoms with E-state index in [1.54, 1.807) is 0 Å². The van der Waals surface area contributed by atoms with Gasteiger partial charge in [-0.25, -0.2) is 0 Å². The standard InChI is InChI=1S/C7H13N3O2/c8-3-4-9-7(12)5-1-2-6(11)10-5/h5H,1-4,8H2,(H,9,12)(H,10,11)/t5-/m0/s1. The maximum atomic E-state index is 11.2. The topological polar surface area (TPSA) is 84.2 Å². The second kappa shape index (κ2) is 4.06. The first-order valence-corrected chi connectivity index (χ1v) is 4.01. The van der Waals surface area contributed by atoms with E-state index in [1.165, 1.54) is 0 Å². The lowest BCUT2D eigenvalue weighted by molar-refractivity contribution is -0.125. The molecule has 0 bridgehead atoms. The lowest BCUT2D eigenvalue weighted by Crippen LogP contribution is -2.43. The maximum Gasteiger partial charge on any atom is 0.242 e. The summed E-state index contributed by atoms with van der Waals surface area (Å²) in [7, 11) is 0. The Hall–Kier alpha value is -1.10. The molecule has 1 aliphatic heterocycles. The predicted molar refractivity (Wildman–Crippen MR) is 43.2 cm³/mol. The third-order valence-corrected chi connectivity index (χ3v) is 1.76. The van der Waals surface area contributed by atoms with Crippen molar-refractivity contribution in [3.63, 3.8) is 0 Å². The maximum absolute atomic E-state index is 11.2. The fraction of sp³-hybridized carbons (Fsp3) is 0.714. The van der Waals surface area contributed by atoms with Crippen LogP contribution in [0.5, 0.6) is 0 Å². The molecular formula is C7H13N3O2. The summed E-state index contributed by atoms with van der Waals surface area (Å²) in [5.41, 5.74) is 5.20. The van der Waals surface area contributed by atoms with Crippen molar-refractivity contribution in [1.29, 1.82) is 0 Å². The predicted octanol–water partition coefficient (Wildman–Crippen LogP) is -1.66. The molecule has 2 amide bonds. The minimum Gasteiger partial charge on any atom is -0.353 e. The lowest BCUT2D eigenvalue weighted by atomic mass is 10.2. The summed E-state index contributed by atoms with van der Waals surface area (Å²) in [6.07, 6.45) is 1.04. The van der Waals surface area contributed by atoms with E-state index in [0.717, 1.165) is 0 Å². The molecule has 1 aliphatic rings.